The molecule has 100 valence electrons. The summed E-state index contributed by atoms with van der Waals surface area (Å²) in [5.74, 6) is 2.20. The number of halogens is 1. The summed E-state index contributed by atoms with van der Waals surface area (Å²) in [5.41, 5.74) is 0. The van der Waals surface area contributed by atoms with Crippen molar-refractivity contribution < 1.29 is 9.47 Å². The van der Waals surface area contributed by atoms with Gasteiger partial charge in [-0.15, -0.1) is 11.6 Å². The fraction of sp³-hybridized carbons (Fsp3) is 0.615. The van der Waals surface area contributed by atoms with Crippen LogP contribution in [0.25, 0.3) is 0 Å². The first-order valence-electron chi connectivity index (χ1n) is 6.24. The first-order valence-corrected chi connectivity index (χ1v) is 6.78. The average Bonchev–Trinajstić information content (AvgIpc) is 2.39. The van der Waals surface area contributed by atoms with Gasteiger partial charge in [0.05, 0.1) is 25.4 Å². The molecule has 0 radical (unpaired) electrons. The Balaban J connectivity index is 2.24. The van der Waals surface area contributed by atoms with Gasteiger partial charge in [0.25, 0.3) is 0 Å². The van der Waals surface area contributed by atoms with Gasteiger partial charge in [-0.05, 0) is 26.0 Å². The molecule has 2 heterocycles. The predicted molar refractivity (Wildman–Crippen MR) is 72.7 cm³/mol. The van der Waals surface area contributed by atoms with E-state index >= 15 is 0 Å². The maximum absolute atomic E-state index is 5.99. The molecule has 1 aromatic rings. The minimum atomic E-state index is 0.128. The first-order chi connectivity index (χ1) is 8.72. The minimum absolute atomic E-state index is 0.128. The third-order valence-corrected chi connectivity index (χ3v) is 3.15. The number of ether oxygens (including phenoxy) is 2. The second-order valence-corrected chi connectivity index (χ2v) is 4.88. The van der Waals surface area contributed by atoms with Crippen molar-refractivity contribution in [3.8, 4) is 5.75 Å². The summed E-state index contributed by atoms with van der Waals surface area (Å²) in [6.45, 7) is 6.15. The molecule has 18 heavy (non-hydrogen) atoms. The second-order valence-electron chi connectivity index (χ2n) is 4.57. The molecule has 0 saturated carbocycles. The fourth-order valence-corrected chi connectivity index (χ4v) is 2.26. The second kappa shape index (κ2) is 6.25. The Hall–Kier alpha value is -1.00. The molecule has 2 rings (SSSR count). The van der Waals surface area contributed by atoms with Gasteiger partial charge in [0.15, 0.2) is 11.6 Å². The van der Waals surface area contributed by atoms with Crippen LogP contribution >= 0.6 is 11.6 Å². The van der Waals surface area contributed by atoms with E-state index < -0.39 is 0 Å². The van der Waals surface area contributed by atoms with E-state index in [1.165, 1.54) is 0 Å². The zero-order valence-electron chi connectivity index (χ0n) is 10.8. The largest absolute Gasteiger partial charge is 0.487 e. The Morgan fingerprint density at radius 3 is 3.17 bits per heavy atom. The molecule has 1 unspecified atom stereocenters. The maximum Gasteiger partial charge on any atom is 0.171 e. The molecule has 1 aliphatic rings. The Morgan fingerprint density at radius 1 is 1.61 bits per heavy atom. The summed E-state index contributed by atoms with van der Waals surface area (Å²) >= 11 is 5.99. The number of alkyl halides is 1. The van der Waals surface area contributed by atoms with E-state index in [1.54, 1.807) is 6.20 Å². The quantitative estimate of drug-likeness (QED) is 0.787. The molecule has 1 atom stereocenters. The molecule has 1 aromatic heterocycles. The van der Waals surface area contributed by atoms with Crippen molar-refractivity contribution in [2.75, 3.05) is 30.5 Å². The molecular weight excluding hydrogens is 252 g/mol. The normalized spacial score (nSPS) is 20.2. The summed E-state index contributed by atoms with van der Waals surface area (Å²) in [6.07, 6.45) is 1.91. The molecular formula is C13H19ClN2O2. The van der Waals surface area contributed by atoms with Crippen molar-refractivity contribution in [2.24, 2.45) is 0 Å². The topological polar surface area (TPSA) is 34.6 Å². The van der Waals surface area contributed by atoms with E-state index in [1.807, 2.05) is 26.0 Å². The van der Waals surface area contributed by atoms with E-state index in [4.69, 9.17) is 21.1 Å². The van der Waals surface area contributed by atoms with Crippen molar-refractivity contribution in [3.63, 3.8) is 0 Å². The molecule has 0 N–H and O–H groups in total. The lowest BCUT2D eigenvalue weighted by molar-refractivity contribution is 0.0988. The van der Waals surface area contributed by atoms with Gasteiger partial charge >= 0.3 is 0 Å². The van der Waals surface area contributed by atoms with E-state index in [2.05, 4.69) is 9.88 Å². The van der Waals surface area contributed by atoms with Crippen LogP contribution in [0.4, 0.5) is 5.82 Å². The van der Waals surface area contributed by atoms with Gasteiger partial charge in [-0.1, -0.05) is 0 Å². The summed E-state index contributed by atoms with van der Waals surface area (Å²) in [4.78, 5) is 6.62. The number of morpholine rings is 1. The van der Waals surface area contributed by atoms with Crippen molar-refractivity contribution >= 4 is 17.4 Å². The van der Waals surface area contributed by atoms with Gasteiger partial charge in [0.2, 0.25) is 0 Å². The predicted octanol–water partition coefficient (Wildman–Crippen LogP) is 2.31. The van der Waals surface area contributed by atoms with Crippen molar-refractivity contribution in [2.45, 2.75) is 26.0 Å². The highest BCUT2D eigenvalue weighted by Gasteiger charge is 2.26. The van der Waals surface area contributed by atoms with Crippen LogP contribution in [0.5, 0.6) is 5.75 Å². The molecule has 1 saturated heterocycles. The van der Waals surface area contributed by atoms with Crippen LogP contribution in [0.2, 0.25) is 0 Å². The Labute approximate surface area is 113 Å². The molecule has 1 fully saturated rings. The molecule has 0 spiro atoms. The van der Waals surface area contributed by atoms with Crippen LogP contribution in [0, 0.1) is 0 Å². The third kappa shape index (κ3) is 3.06. The lowest BCUT2D eigenvalue weighted by Crippen LogP contribution is -2.47. The standard InChI is InChI=1S/C13H19ClN2O2/c1-10(2)18-12-4-3-5-15-13(12)16-6-7-17-9-11(16)8-14/h3-5,10-11H,6-9H2,1-2H3. The van der Waals surface area contributed by atoms with Crippen LogP contribution in [-0.4, -0.2) is 42.8 Å². The Kier molecular flexibility index (Phi) is 4.66. The molecule has 0 aliphatic carbocycles. The molecule has 0 bridgehead atoms. The van der Waals surface area contributed by atoms with Gasteiger partial charge < -0.3 is 14.4 Å². The number of hydrogen-bond acceptors (Lipinski definition) is 4. The highest BCUT2D eigenvalue weighted by molar-refractivity contribution is 6.18. The fourth-order valence-electron chi connectivity index (χ4n) is 2.01. The van der Waals surface area contributed by atoms with Crippen molar-refractivity contribution in [3.05, 3.63) is 18.3 Å². The summed E-state index contributed by atoms with van der Waals surface area (Å²) in [6, 6.07) is 3.99. The van der Waals surface area contributed by atoms with Gasteiger partial charge in [-0.2, -0.15) is 0 Å². The lowest BCUT2D eigenvalue weighted by Gasteiger charge is -2.36. The highest BCUT2D eigenvalue weighted by Crippen LogP contribution is 2.29. The third-order valence-electron chi connectivity index (χ3n) is 2.79. The van der Waals surface area contributed by atoms with E-state index in [-0.39, 0.29) is 12.1 Å². The van der Waals surface area contributed by atoms with Gasteiger partial charge in [0, 0.05) is 18.6 Å². The molecule has 0 aromatic carbocycles. The average molecular weight is 271 g/mol. The van der Waals surface area contributed by atoms with Gasteiger partial charge in [0.1, 0.15) is 0 Å². The first kappa shape index (κ1) is 13.4. The van der Waals surface area contributed by atoms with Gasteiger partial charge in [-0.25, -0.2) is 4.98 Å². The van der Waals surface area contributed by atoms with Crippen LogP contribution in [0.1, 0.15) is 13.8 Å². The SMILES string of the molecule is CC(C)Oc1cccnc1N1CCOCC1CCl. The van der Waals surface area contributed by atoms with E-state index in [0.29, 0.717) is 19.1 Å². The number of rotatable bonds is 4. The zero-order valence-corrected chi connectivity index (χ0v) is 11.6. The van der Waals surface area contributed by atoms with Crippen LogP contribution < -0.4 is 9.64 Å². The minimum Gasteiger partial charge on any atom is -0.487 e. The highest BCUT2D eigenvalue weighted by atomic mass is 35.5. The molecule has 4 nitrogen and oxygen atoms in total. The van der Waals surface area contributed by atoms with Crippen LogP contribution in [0.15, 0.2) is 18.3 Å². The van der Waals surface area contributed by atoms with Crippen LogP contribution in [0.3, 0.4) is 0 Å². The number of pyridine rings is 1. The Bertz CT molecular complexity index is 387. The monoisotopic (exact) mass is 270 g/mol. The van der Waals surface area contributed by atoms with E-state index in [9.17, 15) is 0 Å². The molecule has 1 aliphatic heterocycles. The van der Waals surface area contributed by atoms with Crippen molar-refractivity contribution in [1.29, 1.82) is 0 Å². The van der Waals surface area contributed by atoms with E-state index in [0.717, 1.165) is 18.1 Å². The smallest absolute Gasteiger partial charge is 0.171 e. The molecule has 5 heteroatoms. The number of anilines is 1. The number of nitrogens with zero attached hydrogens (tertiary/aromatic N) is 2. The summed E-state index contributed by atoms with van der Waals surface area (Å²) in [7, 11) is 0. The van der Waals surface area contributed by atoms with Crippen molar-refractivity contribution in [1.82, 2.24) is 4.98 Å². The van der Waals surface area contributed by atoms with Crippen LogP contribution in [-0.2, 0) is 4.74 Å². The summed E-state index contributed by atoms with van der Waals surface area (Å²) in [5, 5.41) is 0. The summed E-state index contributed by atoms with van der Waals surface area (Å²) < 4.78 is 11.3. The maximum atomic E-state index is 5.99. The zero-order chi connectivity index (χ0) is 13.0. The Morgan fingerprint density at radius 2 is 2.44 bits per heavy atom. The number of hydrogen-bond donors (Lipinski definition) is 0. The number of aromatic nitrogens is 1. The lowest BCUT2D eigenvalue weighted by atomic mass is 10.2. The van der Waals surface area contributed by atoms with Gasteiger partial charge in [-0.3, -0.25) is 0 Å². The molecule has 0 amide bonds.